The zero-order valence-corrected chi connectivity index (χ0v) is 15.4. The summed E-state index contributed by atoms with van der Waals surface area (Å²) in [6.07, 6.45) is 4.26. The van der Waals surface area contributed by atoms with E-state index in [0.717, 1.165) is 30.7 Å². The van der Waals surface area contributed by atoms with Gasteiger partial charge < -0.3 is 10.2 Å². The van der Waals surface area contributed by atoms with Gasteiger partial charge in [-0.3, -0.25) is 9.69 Å². The fourth-order valence-corrected chi connectivity index (χ4v) is 3.68. The summed E-state index contributed by atoms with van der Waals surface area (Å²) in [5.41, 5.74) is 2.04. The van der Waals surface area contributed by atoms with Crippen LogP contribution in [0.4, 0.5) is 5.69 Å². The van der Waals surface area contributed by atoms with Gasteiger partial charge in [-0.05, 0) is 36.3 Å². The number of hydrogen-bond acceptors (Lipinski definition) is 4. The number of likely N-dealkylation sites (tertiary alicyclic amines) is 1. The smallest absolute Gasteiger partial charge is 0.269 e. The van der Waals surface area contributed by atoms with E-state index in [2.05, 4.69) is 40.9 Å². The quantitative estimate of drug-likeness (QED) is 0.924. The van der Waals surface area contributed by atoms with Crippen LogP contribution >= 0.6 is 0 Å². The minimum atomic E-state index is -0.133. The van der Waals surface area contributed by atoms with Crippen LogP contribution in [0.25, 0.3) is 0 Å². The van der Waals surface area contributed by atoms with E-state index in [1.54, 1.807) is 7.05 Å². The van der Waals surface area contributed by atoms with Crippen molar-refractivity contribution in [1.82, 2.24) is 15.2 Å². The molecule has 0 saturated carbocycles. The summed E-state index contributed by atoms with van der Waals surface area (Å²) < 4.78 is 0. The number of carbonyl (C=O) groups is 1. The maximum absolute atomic E-state index is 11.6. The van der Waals surface area contributed by atoms with Gasteiger partial charge in [0.25, 0.3) is 5.91 Å². The van der Waals surface area contributed by atoms with E-state index in [1.807, 2.05) is 18.3 Å². The summed E-state index contributed by atoms with van der Waals surface area (Å²) >= 11 is 0. The van der Waals surface area contributed by atoms with Gasteiger partial charge in [0, 0.05) is 39.3 Å². The van der Waals surface area contributed by atoms with Crippen molar-refractivity contribution in [3.8, 4) is 0 Å². The second-order valence-corrected chi connectivity index (χ2v) is 8.22. The summed E-state index contributed by atoms with van der Waals surface area (Å²) in [6, 6.07) is 4.55. The Bertz CT molecular complexity index is 564. The van der Waals surface area contributed by atoms with Crippen LogP contribution in [-0.4, -0.2) is 55.1 Å². The molecule has 0 aromatic carbocycles. The minimum absolute atomic E-state index is 0.133. The molecule has 3 heterocycles. The number of anilines is 1. The zero-order valence-electron chi connectivity index (χ0n) is 15.4. The van der Waals surface area contributed by atoms with E-state index in [-0.39, 0.29) is 5.91 Å². The number of amides is 1. The third kappa shape index (κ3) is 3.56. The Balaban J connectivity index is 1.50. The molecule has 1 amide bonds. The molecule has 132 valence electrons. The van der Waals surface area contributed by atoms with Crippen molar-refractivity contribution in [3.63, 3.8) is 0 Å². The van der Waals surface area contributed by atoms with Gasteiger partial charge in [0.05, 0.1) is 11.9 Å². The minimum Gasteiger partial charge on any atom is -0.370 e. The fourth-order valence-electron chi connectivity index (χ4n) is 3.68. The molecule has 24 heavy (non-hydrogen) atoms. The third-order valence-electron chi connectivity index (χ3n) is 5.69. The van der Waals surface area contributed by atoms with Gasteiger partial charge in [-0.2, -0.15) is 0 Å². The Morgan fingerprint density at radius 2 is 1.88 bits per heavy atom. The number of carbonyl (C=O) groups excluding carboxylic acids is 1. The molecule has 1 aromatic rings. The highest BCUT2D eigenvalue weighted by Gasteiger charge is 2.39. The molecule has 2 aliphatic rings. The molecule has 1 aromatic heterocycles. The lowest BCUT2D eigenvalue weighted by molar-refractivity contribution is -0.0137. The molecule has 0 spiro atoms. The molecule has 2 fully saturated rings. The number of nitrogens with one attached hydrogen (secondary N) is 1. The van der Waals surface area contributed by atoms with Crippen LogP contribution in [0.3, 0.4) is 0 Å². The number of nitrogens with zero attached hydrogens (tertiary/aromatic N) is 3. The Labute approximate surface area is 145 Å². The topological polar surface area (TPSA) is 48.5 Å². The van der Waals surface area contributed by atoms with E-state index in [9.17, 15) is 4.79 Å². The van der Waals surface area contributed by atoms with Gasteiger partial charge in [-0.1, -0.05) is 20.8 Å². The predicted molar refractivity (Wildman–Crippen MR) is 97.4 cm³/mol. The first-order valence-corrected chi connectivity index (χ1v) is 9.05. The lowest BCUT2D eigenvalue weighted by atomic mass is 9.75. The van der Waals surface area contributed by atoms with Gasteiger partial charge in [0.2, 0.25) is 0 Å². The Morgan fingerprint density at radius 3 is 2.38 bits per heavy atom. The van der Waals surface area contributed by atoms with Crippen LogP contribution in [0.1, 0.15) is 44.1 Å². The standard InChI is InChI=1S/C19H30N4O/c1-19(2,3)14-12-23(13-14)15-7-9-22(10-8-15)16-5-6-17(21-11-16)18(24)20-4/h5-6,11,14-15H,7-10,12-13H2,1-4H3,(H,20,24). The molecule has 2 saturated heterocycles. The predicted octanol–water partition coefficient (Wildman–Crippen LogP) is 2.39. The first kappa shape index (κ1) is 17.2. The highest BCUT2D eigenvalue weighted by Crippen LogP contribution is 2.36. The van der Waals surface area contributed by atoms with Gasteiger partial charge in [-0.25, -0.2) is 4.98 Å². The largest absolute Gasteiger partial charge is 0.370 e. The number of piperidine rings is 1. The van der Waals surface area contributed by atoms with Crippen molar-refractivity contribution >= 4 is 11.6 Å². The fraction of sp³-hybridized carbons (Fsp3) is 0.684. The Morgan fingerprint density at radius 1 is 1.21 bits per heavy atom. The van der Waals surface area contributed by atoms with E-state index in [0.29, 0.717) is 11.1 Å². The van der Waals surface area contributed by atoms with Crippen LogP contribution < -0.4 is 10.2 Å². The van der Waals surface area contributed by atoms with E-state index in [4.69, 9.17) is 0 Å². The molecular weight excluding hydrogens is 300 g/mol. The molecule has 2 aliphatic heterocycles. The molecule has 0 bridgehead atoms. The second kappa shape index (κ2) is 6.71. The molecule has 1 N–H and O–H groups in total. The summed E-state index contributed by atoms with van der Waals surface area (Å²) in [5.74, 6) is 0.712. The van der Waals surface area contributed by atoms with Crippen molar-refractivity contribution in [2.24, 2.45) is 11.3 Å². The van der Waals surface area contributed by atoms with Crippen LogP contribution in [0.15, 0.2) is 18.3 Å². The van der Waals surface area contributed by atoms with Crippen LogP contribution in [0.5, 0.6) is 0 Å². The van der Waals surface area contributed by atoms with Gasteiger partial charge in [0.15, 0.2) is 0 Å². The Hall–Kier alpha value is -1.62. The number of pyridine rings is 1. The average Bonchev–Trinajstić information content (AvgIpc) is 2.52. The molecule has 0 atom stereocenters. The summed E-state index contributed by atoms with van der Waals surface area (Å²) in [6.45, 7) is 11.7. The van der Waals surface area contributed by atoms with Crippen LogP contribution in [0.2, 0.25) is 0 Å². The van der Waals surface area contributed by atoms with Gasteiger partial charge >= 0.3 is 0 Å². The molecule has 0 unspecified atom stereocenters. The maximum Gasteiger partial charge on any atom is 0.269 e. The number of rotatable bonds is 3. The lowest BCUT2D eigenvalue weighted by Gasteiger charge is -2.51. The van der Waals surface area contributed by atoms with E-state index < -0.39 is 0 Å². The van der Waals surface area contributed by atoms with E-state index in [1.165, 1.54) is 25.9 Å². The first-order chi connectivity index (χ1) is 11.4. The van der Waals surface area contributed by atoms with Crippen molar-refractivity contribution < 1.29 is 4.79 Å². The number of aromatic nitrogens is 1. The van der Waals surface area contributed by atoms with Crippen molar-refractivity contribution in [2.45, 2.75) is 39.7 Å². The van der Waals surface area contributed by atoms with Gasteiger partial charge in [-0.15, -0.1) is 0 Å². The molecule has 3 rings (SSSR count). The van der Waals surface area contributed by atoms with E-state index >= 15 is 0 Å². The normalized spacial score (nSPS) is 20.8. The van der Waals surface area contributed by atoms with Crippen molar-refractivity contribution in [2.75, 3.05) is 38.1 Å². The molecule has 0 radical (unpaired) electrons. The Kier molecular flexibility index (Phi) is 4.81. The number of hydrogen-bond donors (Lipinski definition) is 1. The molecule has 5 nitrogen and oxygen atoms in total. The zero-order chi connectivity index (χ0) is 17.3. The molecular formula is C19H30N4O. The summed E-state index contributed by atoms with van der Waals surface area (Å²) in [7, 11) is 1.63. The molecule has 0 aliphatic carbocycles. The highest BCUT2D eigenvalue weighted by atomic mass is 16.1. The highest BCUT2D eigenvalue weighted by molar-refractivity contribution is 5.92. The average molecular weight is 330 g/mol. The SMILES string of the molecule is CNC(=O)c1ccc(N2CCC(N3CC(C(C)(C)C)C3)CC2)cn1. The third-order valence-corrected chi connectivity index (χ3v) is 5.69. The van der Waals surface area contributed by atoms with Crippen LogP contribution in [0, 0.1) is 11.3 Å². The lowest BCUT2D eigenvalue weighted by Crippen LogP contribution is -2.58. The summed E-state index contributed by atoms with van der Waals surface area (Å²) in [4.78, 5) is 20.9. The van der Waals surface area contributed by atoms with Crippen molar-refractivity contribution in [3.05, 3.63) is 24.0 Å². The monoisotopic (exact) mass is 330 g/mol. The van der Waals surface area contributed by atoms with Crippen LogP contribution in [-0.2, 0) is 0 Å². The second-order valence-electron chi connectivity index (χ2n) is 8.22. The van der Waals surface area contributed by atoms with Gasteiger partial charge in [0.1, 0.15) is 5.69 Å². The van der Waals surface area contributed by atoms with Crippen molar-refractivity contribution in [1.29, 1.82) is 0 Å². The maximum atomic E-state index is 11.6. The first-order valence-electron chi connectivity index (χ1n) is 9.05. The summed E-state index contributed by atoms with van der Waals surface area (Å²) in [5, 5.41) is 2.60. The molecule has 5 heteroatoms.